The Kier molecular flexibility index (Phi) is 1.34. The highest BCUT2D eigenvalue weighted by Gasteiger charge is 2.00. The van der Waals surface area contributed by atoms with Crippen LogP contribution in [0.2, 0.25) is 0 Å². The van der Waals surface area contributed by atoms with E-state index in [1.165, 1.54) is 0 Å². The van der Waals surface area contributed by atoms with Gasteiger partial charge in [0.15, 0.2) is 0 Å². The smallest absolute Gasteiger partial charge is 0.0992 e. The SMILES string of the molecule is Cc1cc(C#N)cc2[nH]ncc12. The quantitative estimate of drug-likeness (QED) is 0.633. The summed E-state index contributed by atoms with van der Waals surface area (Å²) < 4.78 is 0. The highest BCUT2D eigenvalue weighted by molar-refractivity contribution is 5.82. The van der Waals surface area contributed by atoms with E-state index in [2.05, 4.69) is 16.3 Å². The van der Waals surface area contributed by atoms with Crippen molar-refractivity contribution in [1.29, 1.82) is 5.26 Å². The summed E-state index contributed by atoms with van der Waals surface area (Å²) in [6, 6.07) is 5.76. The van der Waals surface area contributed by atoms with E-state index in [1.54, 1.807) is 12.3 Å². The fraction of sp³-hybridized carbons (Fsp3) is 0.111. The van der Waals surface area contributed by atoms with Crippen LogP contribution in [0, 0.1) is 18.3 Å². The number of aromatic nitrogens is 2. The first-order valence-electron chi connectivity index (χ1n) is 3.65. The lowest BCUT2D eigenvalue weighted by atomic mass is 10.1. The molecule has 2 rings (SSSR count). The number of H-pyrrole nitrogens is 1. The molecule has 2 aromatic rings. The molecule has 0 bridgehead atoms. The summed E-state index contributed by atoms with van der Waals surface area (Å²) in [6.07, 6.45) is 1.77. The highest BCUT2D eigenvalue weighted by atomic mass is 15.1. The number of benzene rings is 1. The van der Waals surface area contributed by atoms with Crippen molar-refractivity contribution in [3.8, 4) is 6.07 Å². The summed E-state index contributed by atoms with van der Waals surface area (Å²) in [6.45, 7) is 1.97. The van der Waals surface area contributed by atoms with Crippen LogP contribution in [-0.2, 0) is 0 Å². The van der Waals surface area contributed by atoms with Gasteiger partial charge in [-0.05, 0) is 24.6 Å². The average Bonchev–Trinajstić information content (AvgIpc) is 2.52. The van der Waals surface area contributed by atoms with Crippen LogP contribution in [0.5, 0.6) is 0 Å². The van der Waals surface area contributed by atoms with Gasteiger partial charge in [0.2, 0.25) is 0 Å². The lowest BCUT2D eigenvalue weighted by molar-refractivity contribution is 1.12. The molecule has 0 atom stereocenters. The van der Waals surface area contributed by atoms with Crippen molar-refractivity contribution in [2.75, 3.05) is 0 Å². The predicted octanol–water partition coefficient (Wildman–Crippen LogP) is 1.74. The number of fused-ring (bicyclic) bond motifs is 1. The number of nitrogens with one attached hydrogen (secondary N) is 1. The Labute approximate surface area is 69.6 Å². The topological polar surface area (TPSA) is 52.5 Å². The average molecular weight is 157 g/mol. The van der Waals surface area contributed by atoms with E-state index in [-0.39, 0.29) is 0 Å². The maximum absolute atomic E-state index is 8.67. The van der Waals surface area contributed by atoms with Crippen molar-refractivity contribution in [3.63, 3.8) is 0 Å². The minimum absolute atomic E-state index is 0.671. The molecule has 12 heavy (non-hydrogen) atoms. The van der Waals surface area contributed by atoms with Gasteiger partial charge in [0.25, 0.3) is 0 Å². The van der Waals surface area contributed by atoms with Crippen LogP contribution in [0.1, 0.15) is 11.1 Å². The molecule has 0 amide bonds. The molecule has 58 valence electrons. The summed E-state index contributed by atoms with van der Waals surface area (Å²) in [7, 11) is 0. The van der Waals surface area contributed by atoms with E-state index in [9.17, 15) is 0 Å². The molecule has 3 heteroatoms. The Morgan fingerprint density at radius 1 is 1.50 bits per heavy atom. The number of hydrogen-bond donors (Lipinski definition) is 1. The Morgan fingerprint density at radius 3 is 3.08 bits per heavy atom. The zero-order valence-corrected chi connectivity index (χ0v) is 6.63. The fourth-order valence-electron chi connectivity index (χ4n) is 1.29. The second-order valence-corrected chi connectivity index (χ2v) is 2.74. The summed E-state index contributed by atoms with van der Waals surface area (Å²) >= 11 is 0. The highest BCUT2D eigenvalue weighted by Crippen LogP contribution is 2.17. The van der Waals surface area contributed by atoms with Gasteiger partial charge in [-0.25, -0.2) is 0 Å². The summed E-state index contributed by atoms with van der Waals surface area (Å²) in [4.78, 5) is 0. The number of aromatic amines is 1. The van der Waals surface area contributed by atoms with Gasteiger partial charge in [-0.15, -0.1) is 0 Å². The molecule has 1 N–H and O–H groups in total. The molecule has 0 fully saturated rings. The third kappa shape index (κ3) is 0.857. The van der Waals surface area contributed by atoms with Gasteiger partial charge in [-0.3, -0.25) is 5.10 Å². The van der Waals surface area contributed by atoms with Gasteiger partial charge < -0.3 is 0 Å². The van der Waals surface area contributed by atoms with Gasteiger partial charge in [0, 0.05) is 5.39 Å². The van der Waals surface area contributed by atoms with E-state index in [0.717, 1.165) is 16.5 Å². The van der Waals surface area contributed by atoms with Gasteiger partial charge in [-0.1, -0.05) is 0 Å². The molecule has 3 nitrogen and oxygen atoms in total. The van der Waals surface area contributed by atoms with Crippen molar-refractivity contribution in [1.82, 2.24) is 10.2 Å². The van der Waals surface area contributed by atoms with Crippen LogP contribution >= 0.6 is 0 Å². The molecular formula is C9H7N3. The molecule has 0 aliphatic carbocycles. The fourth-order valence-corrected chi connectivity index (χ4v) is 1.29. The minimum Gasteiger partial charge on any atom is -0.278 e. The third-order valence-corrected chi connectivity index (χ3v) is 1.89. The Hall–Kier alpha value is -1.82. The van der Waals surface area contributed by atoms with Crippen LogP contribution in [-0.4, -0.2) is 10.2 Å². The van der Waals surface area contributed by atoms with E-state index in [4.69, 9.17) is 5.26 Å². The van der Waals surface area contributed by atoms with E-state index in [1.807, 2.05) is 13.0 Å². The second kappa shape index (κ2) is 2.35. The predicted molar refractivity (Wildman–Crippen MR) is 45.5 cm³/mol. The minimum atomic E-state index is 0.671. The molecule has 0 saturated carbocycles. The molecule has 0 aliphatic heterocycles. The zero-order valence-electron chi connectivity index (χ0n) is 6.63. The van der Waals surface area contributed by atoms with Gasteiger partial charge in [0.05, 0.1) is 23.3 Å². The van der Waals surface area contributed by atoms with Crippen LogP contribution < -0.4 is 0 Å². The first kappa shape index (κ1) is 6.86. The molecule has 1 aromatic carbocycles. The molecule has 0 saturated heterocycles. The maximum atomic E-state index is 8.67. The standard InChI is InChI=1S/C9H7N3/c1-6-2-7(4-10)3-9-8(6)5-11-12-9/h2-3,5H,1H3,(H,11,12). The zero-order chi connectivity index (χ0) is 8.55. The number of rotatable bonds is 0. The van der Waals surface area contributed by atoms with Crippen molar-refractivity contribution in [2.45, 2.75) is 6.92 Å². The largest absolute Gasteiger partial charge is 0.278 e. The number of nitrogens with zero attached hydrogens (tertiary/aromatic N) is 2. The number of hydrogen-bond acceptors (Lipinski definition) is 2. The molecule has 1 heterocycles. The Balaban J connectivity index is 2.86. The van der Waals surface area contributed by atoms with Crippen LogP contribution in [0.4, 0.5) is 0 Å². The lowest BCUT2D eigenvalue weighted by Crippen LogP contribution is -1.79. The molecule has 0 aliphatic rings. The number of aryl methyl sites for hydroxylation is 1. The van der Waals surface area contributed by atoms with Crippen LogP contribution in [0.15, 0.2) is 18.3 Å². The van der Waals surface area contributed by atoms with Gasteiger partial charge in [0.1, 0.15) is 0 Å². The van der Waals surface area contributed by atoms with Gasteiger partial charge in [-0.2, -0.15) is 10.4 Å². The Bertz CT molecular complexity index is 462. The molecule has 0 spiro atoms. The number of nitriles is 1. The van der Waals surface area contributed by atoms with E-state index >= 15 is 0 Å². The Morgan fingerprint density at radius 2 is 2.33 bits per heavy atom. The first-order valence-corrected chi connectivity index (χ1v) is 3.65. The molecule has 1 aromatic heterocycles. The summed E-state index contributed by atoms with van der Waals surface area (Å²) in [5, 5.41) is 16.5. The van der Waals surface area contributed by atoms with Crippen LogP contribution in [0.25, 0.3) is 10.9 Å². The molecular weight excluding hydrogens is 150 g/mol. The first-order chi connectivity index (χ1) is 5.81. The lowest BCUT2D eigenvalue weighted by Gasteiger charge is -1.94. The van der Waals surface area contributed by atoms with Crippen molar-refractivity contribution < 1.29 is 0 Å². The summed E-state index contributed by atoms with van der Waals surface area (Å²) in [5.41, 5.74) is 2.67. The normalized spacial score (nSPS) is 10.0. The van der Waals surface area contributed by atoms with Crippen molar-refractivity contribution in [2.24, 2.45) is 0 Å². The monoisotopic (exact) mass is 157 g/mol. The van der Waals surface area contributed by atoms with E-state index in [0.29, 0.717) is 5.56 Å². The second-order valence-electron chi connectivity index (χ2n) is 2.74. The van der Waals surface area contributed by atoms with E-state index < -0.39 is 0 Å². The van der Waals surface area contributed by atoms with Crippen molar-refractivity contribution >= 4 is 10.9 Å². The molecule has 0 radical (unpaired) electrons. The third-order valence-electron chi connectivity index (χ3n) is 1.89. The van der Waals surface area contributed by atoms with Crippen LogP contribution in [0.3, 0.4) is 0 Å². The summed E-state index contributed by atoms with van der Waals surface area (Å²) in [5.74, 6) is 0. The van der Waals surface area contributed by atoms with Gasteiger partial charge >= 0.3 is 0 Å². The maximum Gasteiger partial charge on any atom is 0.0992 e. The molecule has 0 unspecified atom stereocenters. The van der Waals surface area contributed by atoms with Crippen molar-refractivity contribution in [3.05, 3.63) is 29.5 Å².